The quantitative estimate of drug-likeness (QED) is 0.547. The number of hydrogen-bond donors (Lipinski definition) is 2. The SMILES string of the molecule is CC(=N)N(Cc1ccco1)C(=O)C(N)(c1ccccc1)c1ccccc1. The Morgan fingerprint density at radius 1 is 1.00 bits per heavy atom. The van der Waals surface area contributed by atoms with Crippen molar-refractivity contribution in [1.82, 2.24) is 4.90 Å². The van der Waals surface area contributed by atoms with Crippen LogP contribution in [-0.4, -0.2) is 16.6 Å². The van der Waals surface area contributed by atoms with E-state index in [0.717, 1.165) is 0 Å². The normalized spacial score (nSPS) is 11.2. The average molecular weight is 347 g/mol. The van der Waals surface area contributed by atoms with Crippen molar-refractivity contribution in [2.24, 2.45) is 5.73 Å². The number of amides is 1. The maximum absolute atomic E-state index is 13.6. The van der Waals surface area contributed by atoms with E-state index in [2.05, 4.69) is 0 Å². The Hall–Kier alpha value is -3.18. The molecule has 0 aliphatic rings. The molecular formula is C21H21N3O2. The molecule has 0 unspecified atom stereocenters. The Bertz CT molecular complexity index is 835. The number of amidine groups is 1. The molecule has 1 amide bonds. The Morgan fingerprint density at radius 2 is 1.54 bits per heavy atom. The van der Waals surface area contributed by atoms with Crippen LogP contribution < -0.4 is 5.73 Å². The molecule has 5 nitrogen and oxygen atoms in total. The number of nitrogens with two attached hydrogens (primary N) is 1. The van der Waals surface area contributed by atoms with Crippen LogP contribution in [0, 0.1) is 5.41 Å². The van der Waals surface area contributed by atoms with Crippen molar-refractivity contribution in [3.05, 3.63) is 95.9 Å². The highest BCUT2D eigenvalue weighted by Crippen LogP contribution is 2.30. The lowest BCUT2D eigenvalue weighted by Crippen LogP contribution is -2.54. The van der Waals surface area contributed by atoms with E-state index in [1.807, 2.05) is 60.7 Å². The summed E-state index contributed by atoms with van der Waals surface area (Å²) in [6.07, 6.45) is 1.54. The van der Waals surface area contributed by atoms with E-state index in [4.69, 9.17) is 15.6 Å². The molecule has 26 heavy (non-hydrogen) atoms. The first-order valence-corrected chi connectivity index (χ1v) is 8.33. The van der Waals surface area contributed by atoms with Crippen LogP contribution in [0.25, 0.3) is 0 Å². The lowest BCUT2D eigenvalue weighted by atomic mass is 9.82. The predicted molar refractivity (Wildman–Crippen MR) is 101 cm³/mol. The first kappa shape index (κ1) is 17.6. The fourth-order valence-corrected chi connectivity index (χ4v) is 2.93. The molecule has 0 saturated heterocycles. The van der Waals surface area contributed by atoms with E-state index in [1.165, 1.54) is 4.90 Å². The van der Waals surface area contributed by atoms with Crippen LogP contribution >= 0.6 is 0 Å². The molecule has 3 rings (SSSR count). The molecule has 0 aliphatic carbocycles. The van der Waals surface area contributed by atoms with Gasteiger partial charge in [-0.25, -0.2) is 0 Å². The number of rotatable bonds is 5. The van der Waals surface area contributed by atoms with Crippen molar-refractivity contribution in [1.29, 1.82) is 5.41 Å². The highest BCUT2D eigenvalue weighted by Gasteiger charge is 2.41. The van der Waals surface area contributed by atoms with Gasteiger partial charge in [-0.05, 0) is 30.2 Å². The van der Waals surface area contributed by atoms with Gasteiger partial charge in [0.2, 0.25) is 0 Å². The molecule has 0 saturated carbocycles. The molecule has 0 spiro atoms. The molecule has 0 bridgehead atoms. The summed E-state index contributed by atoms with van der Waals surface area (Å²) in [5.74, 6) is 0.320. The van der Waals surface area contributed by atoms with Gasteiger partial charge in [0.15, 0.2) is 0 Å². The third-order valence-corrected chi connectivity index (χ3v) is 4.34. The Balaban J connectivity index is 2.08. The molecule has 2 aromatic carbocycles. The van der Waals surface area contributed by atoms with Crippen molar-refractivity contribution >= 4 is 11.7 Å². The maximum Gasteiger partial charge on any atom is 0.257 e. The molecule has 0 radical (unpaired) electrons. The minimum atomic E-state index is -1.41. The van der Waals surface area contributed by atoms with Crippen LogP contribution in [0.2, 0.25) is 0 Å². The molecule has 1 heterocycles. The van der Waals surface area contributed by atoms with Crippen molar-refractivity contribution in [2.45, 2.75) is 19.0 Å². The van der Waals surface area contributed by atoms with E-state index >= 15 is 0 Å². The highest BCUT2D eigenvalue weighted by atomic mass is 16.3. The number of carbonyl (C=O) groups excluding carboxylic acids is 1. The molecule has 0 aliphatic heterocycles. The Morgan fingerprint density at radius 3 is 1.96 bits per heavy atom. The van der Waals surface area contributed by atoms with E-state index in [0.29, 0.717) is 16.9 Å². The van der Waals surface area contributed by atoms with Gasteiger partial charge in [0.25, 0.3) is 5.91 Å². The molecule has 0 atom stereocenters. The van der Waals surface area contributed by atoms with E-state index in [-0.39, 0.29) is 18.3 Å². The summed E-state index contributed by atoms with van der Waals surface area (Å²) < 4.78 is 5.36. The zero-order valence-electron chi connectivity index (χ0n) is 14.6. The van der Waals surface area contributed by atoms with Crippen LogP contribution in [0.15, 0.2) is 83.5 Å². The lowest BCUT2D eigenvalue weighted by Gasteiger charge is -2.34. The minimum Gasteiger partial charge on any atom is -0.467 e. The van der Waals surface area contributed by atoms with Gasteiger partial charge >= 0.3 is 0 Å². The van der Waals surface area contributed by atoms with Crippen molar-refractivity contribution < 1.29 is 9.21 Å². The van der Waals surface area contributed by atoms with Gasteiger partial charge in [0.1, 0.15) is 11.3 Å². The molecule has 132 valence electrons. The zero-order valence-corrected chi connectivity index (χ0v) is 14.6. The predicted octanol–water partition coefficient (Wildman–Crippen LogP) is 3.51. The number of benzene rings is 2. The molecule has 3 N–H and O–H groups in total. The van der Waals surface area contributed by atoms with E-state index in [9.17, 15) is 4.79 Å². The second-order valence-electron chi connectivity index (χ2n) is 6.10. The highest BCUT2D eigenvalue weighted by molar-refractivity contribution is 6.02. The van der Waals surface area contributed by atoms with Gasteiger partial charge in [-0.2, -0.15) is 0 Å². The average Bonchev–Trinajstić information content (AvgIpc) is 3.19. The second-order valence-corrected chi connectivity index (χ2v) is 6.10. The fraction of sp³-hybridized carbons (Fsp3) is 0.143. The van der Waals surface area contributed by atoms with Crippen LogP contribution in [-0.2, 0) is 16.9 Å². The number of hydrogen-bond acceptors (Lipinski definition) is 4. The Kier molecular flexibility index (Phi) is 5.00. The van der Waals surface area contributed by atoms with E-state index < -0.39 is 5.54 Å². The number of carbonyl (C=O) groups is 1. The smallest absolute Gasteiger partial charge is 0.257 e. The van der Waals surface area contributed by atoms with Crippen LogP contribution in [0.3, 0.4) is 0 Å². The third kappa shape index (κ3) is 3.30. The standard InChI is InChI=1S/C21H21N3O2/c1-16(22)24(15-19-13-8-14-26-19)20(25)21(23,17-9-4-2-5-10-17)18-11-6-3-7-12-18/h2-14,22H,15,23H2,1H3. The third-order valence-electron chi connectivity index (χ3n) is 4.34. The lowest BCUT2D eigenvalue weighted by molar-refractivity contribution is -0.132. The Labute approximate surface area is 152 Å². The summed E-state index contributed by atoms with van der Waals surface area (Å²) in [7, 11) is 0. The fourth-order valence-electron chi connectivity index (χ4n) is 2.93. The van der Waals surface area contributed by atoms with Gasteiger partial charge < -0.3 is 10.2 Å². The van der Waals surface area contributed by atoms with Gasteiger partial charge in [0, 0.05) is 0 Å². The maximum atomic E-state index is 13.6. The van der Waals surface area contributed by atoms with Gasteiger partial charge in [-0.3, -0.25) is 15.1 Å². The number of furan rings is 1. The summed E-state index contributed by atoms with van der Waals surface area (Å²) in [4.78, 5) is 14.9. The summed E-state index contributed by atoms with van der Waals surface area (Å²) in [6, 6.07) is 22.0. The molecule has 3 aromatic rings. The van der Waals surface area contributed by atoms with Crippen LogP contribution in [0.1, 0.15) is 23.8 Å². The number of nitrogens with zero attached hydrogens (tertiary/aromatic N) is 1. The van der Waals surface area contributed by atoms with Gasteiger partial charge in [-0.15, -0.1) is 0 Å². The van der Waals surface area contributed by atoms with Crippen LogP contribution in [0.5, 0.6) is 0 Å². The first-order chi connectivity index (χ1) is 12.5. The largest absolute Gasteiger partial charge is 0.467 e. The first-order valence-electron chi connectivity index (χ1n) is 8.33. The van der Waals surface area contributed by atoms with Gasteiger partial charge in [0.05, 0.1) is 18.6 Å². The monoisotopic (exact) mass is 347 g/mol. The summed E-state index contributed by atoms with van der Waals surface area (Å²) >= 11 is 0. The topological polar surface area (TPSA) is 83.3 Å². The second kappa shape index (κ2) is 7.37. The number of nitrogens with one attached hydrogen (secondary N) is 1. The molecule has 5 heteroatoms. The van der Waals surface area contributed by atoms with Crippen LogP contribution in [0.4, 0.5) is 0 Å². The van der Waals surface area contributed by atoms with Crippen molar-refractivity contribution in [3.8, 4) is 0 Å². The molecule has 0 fully saturated rings. The summed E-state index contributed by atoms with van der Waals surface area (Å²) in [6.45, 7) is 1.72. The molecule has 1 aromatic heterocycles. The summed E-state index contributed by atoms with van der Waals surface area (Å²) in [5.41, 5.74) is 6.66. The van der Waals surface area contributed by atoms with Crippen molar-refractivity contribution in [2.75, 3.05) is 0 Å². The minimum absolute atomic E-state index is 0.105. The zero-order chi connectivity index (χ0) is 18.6. The summed E-state index contributed by atoms with van der Waals surface area (Å²) in [5, 5.41) is 8.10. The molecular weight excluding hydrogens is 326 g/mol. The van der Waals surface area contributed by atoms with Gasteiger partial charge in [-0.1, -0.05) is 60.7 Å². The van der Waals surface area contributed by atoms with E-state index in [1.54, 1.807) is 25.3 Å². The van der Waals surface area contributed by atoms with Crippen molar-refractivity contribution in [3.63, 3.8) is 0 Å².